The van der Waals surface area contributed by atoms with Gasteiger partial charge in [-0.3, -0.25) is 0 Å². The quantitative estimate of drug-likeness (QED) is 0.808. The van der Waals surface area contributed by atoms with Gasteiger partial charge in [0.2, 0.25) is 0 Å². The molecule has 1 unspecified atom stereocenters. The largest absolute Gasteiger partial charge is 0.387 e. The lowest BCUT2D eigenvalue weighted by molar-refractivity contribution is 0.163. The first-order valence-electron chi connectivity index (χ1n) is 7.19. The lowest BCUT2D eigenvalue weighted by Gasteiger charge is -2.28. The van der Waals surface area contributed by atoms with Gasteiger partial charge in [-0.05, 0) is 30.2 Å². The van der Waals surface area contributed by atoms with Gasteiger partial charge in [-0.25, -0.2) is 0 Å². The Labute approximate surface area is 110 Å². The van der Waals surface area contributed by atoms with Crippen molar-refractivity contribution in [1.82, 2.24) is 5.32 Å². The summed E-state index contributed by atoms with van der Waals surface area (Å²) in [6.45, 7) is 4.00. The van der Waals surface area contributed by atoms with E-state index < -0.39 is 0 Å². The van der Waals surface area contributed by atoms with Gasteiger partial charge < -0.3 is 10.4 Å². The first-order chi connectivity index (χ1) is 8.76. The minimum absolute atomic E-state index is 0.387. The van der Waals surface area contributed by atoms with Crippen LogP contribution >= 0.6 is 0 Å². The molecule has 2 N–H and O–H groups in total. The minimum atomic E-state index is -0.387. The molecule has 1 aromatic carbocycles. The first kappa shape index (κ1) is 13.6. The molecule has 18 heavy (non-hydrogen) atoms. The van der Waals surface area contributed by atoms with E-state index in [9.17, 15) is 5.11 Å². The molecule has 2 heteroatoms. The van der Waals surface area contributed by atoms with Crippen LogP contribution in [0.2, 0.25) is 0 Å². The Bertz CT molecular complexity index is 343. The van der Waals surface area contributed by atoms with Crippen LogP contribution in [0.4, 0.5) is 0 Å². The molecule has 0 aliphatic heterocycles. The molecule has 0 heterocycles. The van der Waals surface area contributed by atoms with E-state index >= 15 is 0 Å². The van der Waals surface area contributed by atoms with Crippen molar-refractivity contribution in [2.24, 2.45) is 5.41 Å². The smallest absolute Gasteiger partial charge is 0.0914 e. The van der Waals surface area contributed by atoms with Gasteiger partial charge in [-0.1, -0.05) is 50.1 Å². The van der Waals surface area contributed by atoms with Crippen LogP contribution in [0.5, 0.6) is 0 Å². The third-order valence-corrected chi connectivity index (χ3v) is 4.44. The SMILES string of the molecule is CCC1(CNCC(O)c2ccccc2)CCCC1. The Morgan fingerprint density at radius 1 is 1.22 bits per heavy atom. The van der Waals surface area contributed by atoms with Crippen molar-refractivity contribution in [2.75, 3.05) is 13.1 Å². The molecule has 0 amide bonds. The van der Waals surface area contributed by atoms with Gasteiger partial charge in [0.25, 0.3) is 0 Å². The van der Waals surface area contributed by atoms with Gasteiger partial charge in [0.1, 0.15) is 0 Å². The summed E-state index contributed by atoms with van der Waals surface area (Å²) in [5.74, 6) is 0. The summed E-state index contributed by atoms with van der Waals surface area (Å²) in [6.07, 6.45) is 6.30. The highest BCUT2D eigenvalue weighted by atomic mass is 16.3. The minimum Gasteiger partial charge on any atom is -0.387 e. The van der Waals surface area contributed by atoms with Gasteiger partial charge in [0.05, 0.1) is 6.10 Å². The number of hydrogen-bond acceptors (Lipinski definition) is 2. The second kappa shape index (κ2) is 6.35. The van der Waals surface area contributed by atoms with Gasteiger partial charge in [0.15, 0.2) is 0 Å². The van der Waals surface area contributed by atoms with E-state index in [4.69, 9.17) is 0 Å². The average Bonchev–Trinajstić information content (AvgIpc) is 2.89. The normalized spacial score (nSPS) is 19.9. The van der Waals surface area contributed by atoms with E-state index in [2.05, 4.69) is 12.2 Å². The first-order valence-corrected chi connectivity index (χ1v) is 7.19. The van der Waals surface area contributed by atoms with Crippen LogP contribution in [-0.4, -0.2) is 18.2 Å². The lowest BCUT2D eigenvalue weighted by atomic mass is 9.83. The maximum Gasteiger partial charge on any atom is 0.0914 e. The van der Waals surface area contributed by atoms with E-state index in [0.29, 0.717) is 12.0 Å². The van der Waals surface area contributed by atoms with Crippen LogP contribution < -0.4 is 5.32 Å². The second-order valence-corrected chi connectivity index (χ2v) is 5.62. The predicted molar refractivity (Wildman–Crippen MR) is 75.5 cm³/mol. The van der Waals surface area contributed by atoms with Gasteiger partial charge >= 0.3 is 0 Å². The van der Waals surface area contributed by atoms with E-state index in [1.807, 2.05) is 30.3 Å². The molecule has 0 aromatic heterocycles. The third kappa shape index (κ3) is 3.33. The molecular formula is C16H25NO. The maximum absolute atomic E-state index is 10.1. The number of aliphatic hydroxyl groups excluding tert-OH is 1. The Balaban J connectivity index is 1.78. The molecule has 100 valence electrons. The fourth-order valence-electron chi connectivity index (χ4n) is 3.05. The van der Waals surface area contributed by atoms with Crippen molar-refractivity contribution in [3.63, 3.8) is 0 Å². The average molecular weight is 247 g/mol. The van der Waals surface area contributed by atoms with Crippen LogP contribution in [0.3, 0.4) is 0 Å². The summed E-state index contributed by atoms with van der Waals surface area (Å²) in [5.41, 5.74) is 1.50. The monoisotopic (exact) mass is 247 g/mol. The summed E-state index contributed by atoms with van der Waals surface area (Å²) in [7, 11) is 0. The van der Waals surface area contributed by atoms with Crippen LogP contribution in [0, 0.1) is 5.41 Å². The molecule has 1 saturated carbocycles. The number of nitrogens with one attached hydrogen (secondary N) is 1. The van der Waals surface area contributed by atoms with Gasteiger partial charge in [-0.2, -0.15) is 0 Å². The fourth-order valence-corrected chi connectivity index (χ4v) is 3.05. The van der Waals surface area contributed by atoms with Crippen LogP contribution in [0.1, 0.15) is 50.7 Å². The Morgan fingerprint density at radius 2 is 1.89 bits per heavy atom. The molecular weight excluding hydrogens is 222 g/mol. The van der Waals surface area contributed by atoms with Crippen molar-refractivity contribution in [2.45, 2.75) is 45.1 Å². The van der Waals surface area contributed by atoms with Crippen molar-refractivity contribution in [3.8, 4) is 0 Å². The number of benzene rings is 1. The molecule has 1 atom stereocenters. The molecule has 0 spiro atoms. The zero-order chi connectivity index (χ0) is 12.8. The molecule has 1 fully saturated rings. The predicted octanol–water partition coefficient (Wildman–Crippen LogP) is 3.28. The highest BCUT2D eigenvalue weighted by Gasteiger charge is 2.31. The van der Waals surface area contributed by atoms with E-state index in [-0.39, 0.29) is 6.10 Å². The molecule has 1 aromatic rings. The van der Waals surface area contributed by atoms with Crippen LogP contribution in [-0.2, 0) is 0 Å². The molecule has 1 aliphatic carbocycles. The van der Waals surface area contributed by atoms with Crippen LogP contribution in [0.15, 0.2) is 30.3 Å². The second-order valence-electron chi connectivity index (χ2n) is 5.62. The molecule has 2 rings (SSSR count). The zero-order valence-electron chi connectivity index (χ0n) is 11.4. The summed E-state index contributed by atoms with van der Waals surface area (Å²) >= 11 is 0. The molecule has 1 aliphatic rings. The van der Waals surface area contributed by atoms with E-state index in [0.717, 1.165) is 12.1 Å². The molecule has 0 saturated heterocycles. The number of hydrogen-bond donors (Lipinski definition) is 2. The van der Waals surface area contributed by atoms with Crippen molar-refractivity contribution >= 4 is 0 Å². The number of aliphatic hydroxyl groups is 1. The summed E-state index contributed by atoms with van der Waals surface area (Å²) in [4.78, 5) is 0. The summed E-state index contributed by atoms with van der Waals surface area (Å²) in [6, 6.07) is 9.90. The van der Waals surface area contributed by atoms with Crippen LogP contribution in [0.25, 0.3) is 0 Å². The highest BCUT2D eigenvalue weighted by Crippen LogP contribution is 2.40. The van der Waals surface area contributed by atoms with Crippen molar-refractivity contribution in [3.05, 3.63) is 35.9 Å². The van der Waals surface area contributed by atoms with Crippen molar-refractivity contribution in [1.29, 1.82) is 0 Å². The van der Waals surface area contributed by atoms with Gasteiger partial charge in [-0.15, -0.1) is 0 Å². The molecule has 0 bridgehead atoms. The topological polar surface area (TPSA) is 32.3 Å². The molecule has 2 nitrogen and oxygen atoms in total. The lowest BCUT2D eigenvalue weighted by Crippen LogP contribution is -2.34. The van der Waals surface area contributed by atoms with E-state index in [1.165, 1.54) is 32.1 Å². The summed E-state index contributed by atoms with van der Waals surface area (Å²) < 4.78 is 0. The molecule has 0 radical (unpaired) electrons. The zero-order valence-corrected chi connectivity index (χ0v) is 11.4. The fraction of sp³-hybridized carbons (Fsp3) is 0.625. The Morgan fingerprint density at radius 3 is 2.50 bits per heavy atom. The standard InChI is InChI=1S/C16H25NO/c1-2-16(10-6-7-11-16)13-17-12-15(18)14-8-4-3-5-9-14/h3-5,8-9,15,17-18H,2,6-7,10-13H2,1H3. The van der Waals surface area contributed by atoms with Crippen molar-refractivity contribution < 1.29 is 5.11 Å². The van der Waals surface area contributed by atoms with E-state index in [1.54, 1.807) is 0 Å². The third-order valence-electron chi connectivity index (χ3n) is 4.44. The Hall–Kier alpha value is -0.860. The number of rotatable bonds is 6. The Kier molecular flexibility index (Phi) is 4.79. The highest BCUT2D eigenvalue weighted by molar-refractivity contribution is 5.17. The summed E-state index contributed by atoms with van der Waals surface area (Å²) in [5, 5.41) is 13.6. The maximum atomic E-state index is 10.1. The van der Waals surface area contributed by atoms with Gasteiger partial charge in [0, 0.05) is 13.1 Å².